The molecule has 7 heteroatoms. The van der Waals surface area contributed by atoms with Crippen molar-refractivity contribution in [2.75, 3.05) is 13.7 Å². The minimum Gasteiger partial charge on any atom is -0.494 e. The van der Waals surface area contributed by atoms with E-state index in [4.69, 9.17) is 9.47 Å². The van der Waals surface area contributed by atoms with Crippen LogP contribution < -0.4 is 4.74 Å². The fourth-order valence-corrected chi connectivity index (χ4v) is 5.05. The van der Waals surface area contributed by atoms with Crippen LogP contribution in [0, 0.1) is 0 Å². The van der Waals surface area contributed by atoms with Gasteiger partial charge in [0.1, 0.15) is 5.75 Å². The minimum atomic E-state index is -3.87. The molecule has 0 atom stereocenters. The summed E-state index contributed by atoms with van der Waals surface area (Å²) in [5, 5.41) is 0.654. The zero-order valence-corrected chi connectivity index (χ0v) is 19.1. The number of carbonyl (C=O) groups excluding carboxylic acids is 1. The van der Waals surface area contributed by atoms with Gasteiger partial charge in [0.05, 0.1) is 29.7 Å². The molecular weight excluding hydrogens is 438 g/mol. The number of rotatable bonds is 7. The highest BCUT2D eigenvalue weighted by Crippen LogP contribution is 2.33. The molecule has 3 aromatic carbocycles. The van der Waals surface area contributed by atoms with Crippen LogP contribution in [0.1, 0.15) is 28.4 Å². The highest BCUT2D eigenvalue weighted by atomic mass is 32.2. The van der Waals surface area contributed by atoms with E-state index in [1.165, 1.54) is 35.5 Å². The highest BCUT2D eigenvalue weighted by molar-refractivity contribution is 7.90. The van der Waals surface area contributed by atoms with Crippen molar-refractivity contribution in [2.45, 2.75) is 11.8 Å². The molecule has 0 aliphatic rings. The van der Waals surface area contributed by atoms with E-state index >= 15 is 0 Å². The van der Waals surface area contributed by atoms with E-state index in [2.05, 4.69) is 6.58 Å². The van der Waals surface area contributed by atoms with Crippen molar-refractivity contribution in [3.05, 3.63) is 102 Å². The van der Waals surface area contributed by atoms with Gasteiger partial charge in [-0.05, 0) is 66.1 Å². The van der Waals surface area contributed by atoms with Gasteiger partial charge in [-0.25, -0.2) is 17.2 Å². The normalized spacial score (nSPS) is 11.3. The van der Waals surface area contributed by atoms with Crippen molar-refractivity contribution < 1.29 is 22.7 Å². The Labute approximate surface area is 192 Å². The quantitative estimate of drug-likeness (QED) is 0.357. The van der Waals surface area contributed by atoms with Crippen molar-refractivity contribution in [3.8, 4) is 5.75 Å². The molecular formula is C26H23NO5S. The summed E-state index contributed by atoms with van der Waals surface area (Å²) < 4.78 is 38.2. The van der Waals surface area contributed by atoms with E-state index < -0.39 is 16.0 Å². The van der Waals surface area contributed by atoms with Gasteiger partial charge in [-0.1, -0.05) is 36.9 Å². The number of fused-ring (bicyclic) bond motifs is 1. The van der Waals surface area contributed by atoms with Crippen LogP contribution in [0.15, 0.2) is 90.5 Å². The molecule has 0 fully saturated rings. The Hall–Kier alpha value is -3.84. The molecule has 0 radical (unpaired) electrons. The van der Waals surface area contributed by atoms with Crippen molar-refractivity contribution in [2.24, 2.45) is 0 Å². The van der Waals surface area contributed by atoms with Gasteiger partial charge in [0.2, 0.25) is 0 Å². The third-order valence-corrected chi connectivity index (χ3v) is 7.04. The molecule has 168 valence electrons. The predicted molar refractivity (Wildman–Crippen MR) is 128 cm³/mol. The first-order valence-corrected chi connectivity index (χ1v) is 11.8. The summed E-state index contributed by atoms with van der Waals surface area (Å²) in [6.45, 7) is 6.70. The van der Waals surface area contributed by atoms with Gasteiger partial charge in [-0.2, -0.15) is 0 Å². The Kier molecular flexibility index (Phi) is 6.07. The molecule has 0 N–H and O–H groups in total. The second-order valence-corrected chi connectivity index (χ2v) is 9.13. The van der Waals surface area contributed by atoms with E-state index in [1.807, 2.05) is 31.2 Å². The number of ether oxygens (including phenoxy) is 2. The molecule has 1 heterocycles. The number of esters is 1. The maximum absolute atomic E-state index is 13.3. The highest BCUT2D eigenvalue weighted by Gasteiger charge is 2.22. The molecule has 0 bridgehead atoms. The summed E-state index contributed by atoms with van der Waals surface area (Å²) in [5.74, 6) is 0.171. The van der Waals surface area contributed by atoms with E-state index in [0.717, 1.165) is 11.3 Å². The predicted octanol–water partition coefficient (Wildman–Crippen LogP) is 5.13. The van der Waals surface area contributed by atoms with Crippen LogP contribution in [-0.4, -0.2) is 32.1 Å². The zero-order chi connectivity index (χ0) is 23.6. The van der Waals surface area contributed by atoms with Crippen molar-refractivity contribution >= 4 is 32.5 Å². The zero-order valence-electron chi connectivity index (χ0n) is 18.3. The molecule has 6 nitrogen and oxygen atoms in total. The lowest BCUT2D eigenvalue weighted by atomic mass is 9.95. The maximum Gasteiger partial charge on any atom is 0.337 e. The fourth-order valence-electron chi connectivity index (χ4n) is 3.69. The molecule has 4 aromatic rings. The van der Waals surface area contributed by atoms with Crippen molar-refractivity contribution in [1.82, 2.24) is 3.97 Å². The maximum atomic E-state index is 13.3. The summed E-state index contributed by atoms with van der Waals surface area (Å²) in [6.07, 6.45) is 1.49. The second kappa shape index (κ2) is 8.96. The third-order valence-electron chi connectivity index (χ3n) is 5.33. The first-order valence-electron chi connectivity index (χ1n) is 10.3. The Morgan fingerprint density at radius 1 is 0.970 bits per heavy atom. The first-order chi connectivity index (χ1) is 15.9. The van der Waals surface area contributed by atoms with Gasteiger partial charge in [0.25, 0.3) is 10.0 Å². The molecule has 0 aliphatic carbocycles. The van der Waals surface area contributed by atoms with Gasteiger partial charge in [-0.15, -0.1) is 0 Å². The average molecular weight is 462 g/mol. The van der Waals surface area contributed by atoms with Gasteiger partial charge < -0.3 is 9.47 Å². The van der Waals surface area contributed by atoms with Crippen LogP contribution in [0.2, 0.25) is 0 Å². The Morgan fingerprint density at radius 2 is 1.67 bits per heavy atom. The molecule has 0 amide bonds. The smallest absolute Gasteiger partial charge is 0.337 e. The summed E-state index contributed by atoms with van der Waals surface area (Å²) in [7, 11) is -2.59. The van der Waals surface area contributed by atoms with Gasteiger partial charge in [0, 0.05) is 11.6 Å². The number of benzene rings is 3. The number of methoxy groups -OCH3 is 1. The number of aromatic nitrogens is 1. The van der Waals surface area contributed by atoms with Crippen molar-refractivity contribution in [1.29, 1.82) is 0 Å². The molecule has 0 saturated heterocycles. The third kappa shape index (κ3) is 4.15. The standard InChI is InChI=1S/C26H23NO5S/c1-4-32-21-12-10-19(11-13-21)18(2)24-16-20(26(28)31-3)17-25-23(24)14-15-27(25)33(29,30)22-8-6-5-7-9-22/h5-17H,2,4H2,1,3H3. The Balaban J connectivity index is 1.90. The van der Waals surface area contributed by atoms with Crippen LogP contribution in [-0.2, 0) is 14.8 Å². The summed E-state index contributed by atoms with van der Waals surface area (Å²) in [5.41, 5.74) is 2.70. The SMILES string of the molecule is C=C(c1ccc(OCC)cc1)c1cc(C(=O)OC)cc2c1ccn2S(=O)(=O)c1ccccc1. The van der Waals surface area contributed by atoms with Gasteiger partial charge in [0.15, 0.2) is 0 Å². The molecule has 0 unspecified atom stereocenters. The number of carbonyl (C=O) groups is 1. The number of hydrogen-bond donors (Lipinski definition) is 0. The fraction of sp³-hybridized carbons (Fsp3) is 0.115. The van der Waals surface area contributed by atoms with Gasteiger partial charge in [-0.3, -0.25) is 0 Å². The molecule has 0 aliphatic heterocycles. The Morgan fingerprint density at radius 3 is 2.30 bits per heavy atom. The molecule has 0 saturated carbocycles. The van der Waals surface area contributed by atoms with E-state index in [0.29, 0.717) is 28.6 Å². The summed E-state index contributed by atoms with van der Waals surface area (Å²) in [6, 6.07) is 20.5. The molecule has 4 rings (SSSR count). The first kappa shape index (κ1) is 22.4. The average Bonchev–Trinajstić information content (AvgIpc) is 3.28. The molecule has 1 aromatic heterocycles. The minimum absolute atomic E-state index is 0.151. The van der Waals surface area contributed by atoms with E-state index in [1.54, 1.807) is 30.3 Å². The lowest BCUT2D eigenvalue weighted by Crippen LogP contribution is -2.12. The topological polar surface area (TPSA) is 74.6 Å². The van der Waals surface area contributed by atoms with Gasteiger partial charge >= 0.3 is 5.97 Å². The molecule has 33 heavy (non-hydrogen) atoms. The van der Waals surface area contributed by atoms with E-state index in [-0.39, 0.29) is 10.5 Å². The number of hydrogen-bond acceptors (Lipinski definition) is 5. The summed E-state index contributed by atoms with van der Waals surface area (Å²) >= 11 is 0. The molecule has 0 spiro atoms. The van der Waals surface area contributed by atoms with Crippen LogP contribution in [0.25, 0.3) is 16.5 Å². The van der Waals surface area contributed by atoms with E-state index in [9.17, 15) is 13.2 Å². The van der Waals surface area contributed by atoms with Crippen LogP contribution >= 0.6 is 0 Å². The van der Waals surface area contributed by atoms with Crippen LogP contribution in [0.3, 0.4) is 0 Å². The Bertz CT molecular complexity index is 1440. The monoisotopic (exact) mass is 461 g/mol. The lowest BCUT2D eigenvalue weighted by Gasteiger charge is -2.13. The number of nitrogens with zero attached hydrogens (tertiary/aromatic N) is 1. The van der Waals surface area contributed by atoms with Crippen molar-refractivity contribution in [3.63, 3.8) is 0 Å². The summed E-state index contributed by atoms with van der Waals surface area (Å²) in [4.78, 5) is 12.6. The second-order valence-electron chi connectivity index (χ2n) is 7.31. The van der Waals surface area contributed by atoms with Crippen LogP contribution in [0.5, 0.6) is 5.75 Å². The largest absolute Gasteiger partial charge is 0.494 e. The lowest BCUT2D eigenvalue weighted by molar-refractivity contribution is 0.0601. The van der Waals surface area contributed by atoms with Crippen LogP contribution in [0.4, 0.5) is 0 Å².